The van der Waals surface area contributed by atoms with Gasteiger partial charge in [0.05, 0.1) is 13.0 Å². The van der Waals surface area contributed by atoms with Crippen LogP contribution in [-0.4, -0.2) is 25.7 Å². The summed E-state index contributed by atoms with van der Waals surface area (Å²) < 4.78 is 41.8. The van der Waals surface area contributed by atoms with Gasteiger partial charge in [0, 0.05) is 19.0 Å². The van der Waals surface area contributed by atoms with Crippen molar-refractivity contribution < 1.29 is 17.6 Å². The molecule has 2 N–H and O–H groups in total. The highest BCUT2D eigenvalue weighted by molar-refractivity contribution is 14.0. The van der Waals surface area contributed by atoms with Gasteiger partial charge in [-0.3, -0.25) is 4.99 Å². The molecule has 0 aliphatic rings. The second kappa shape index (κ2) is 8.25. The maximum Gasteiger partial charge on any atom is 0.390 e. The Morgan fingerprint density at radius 1 is 1.23 bits per heavy atom. The molecule has 8 heteroatoms. The molecule has 0 saturated carbocycles. The molecule has 22 heavy (non-hydrogen) atoms. The zero-order chi connectivity index (χ0) is 15.3. The number of nitrogens with zero attached hydrogens (tertiary/aromatic N) is 1. The van der Waals surface area contributed by atoms with Crippen LogP contribution in [-0.2, 0) is 6.54 Å². The van der Waals surface area contributed by atoms with Crippen LogP contribution >= 0.6 is 24.0 Å². The van der Waals surface area contributed by atoms with Crippen molar-refractivity contribution in [1.82, 2.24) is 10.6 Å². The lowest BCUT2D eigenvalue weighted by Crippen LogP contribution is -2.38. The molecule has 2 rings (SSSR count). The van der Waals surface area contributed by atoms with E-state index >= 15 is 0 Å². The van der Waals surface area contributed by atoms with E-state index in [9.17, 15) is 13.2 Å². The van der Waals surface area contributed by atoms with Crippen LogP contribution in [0.5, 0.6) is 0 Å². The molecule has 0 fully saturated rings. The lowest BCUT2D eigenvalue weighted by atomic mass is 10.2. The minimum atomic E-state index is -4.18. The van der Waals surface area contributed by atoms with Crippen molar-refractivity contribution in [2.75, 3.05) is 13.6 Å². The predicted octanol–water partition coefficient (Wildman–Crippen LogP) is 3.67. The van der Waals surface area contributed by atoms with E-state index in [-0.39, 0.29) is 30.5 Å². The third-order valence-electron chi connectivity index (χ3n) is 2.83. The Labute approximate surface area is 143 Å². The average molecular weight is 427 g/mol. The summed E-state index contributed by atoms with van der Waals surface area (Å²) in [6.45, 7) is 0.129. The van der Waals surface area contributed by atoms with Gasteiger partial charge in [0.2, 0.25) is 0 Å². The summed E-state index contributed by atoms with van der Waals surface area (Å²) >= 11 is 0. The topological polar surface area (TPSA) is 49.6 Å². The van der Waals surface area contributed by atoms with Gasteiger partial charge in [-0.25, -0.2) is 0 Å². The average Bonchev–Trinajstić information content (AvgIpc) is 2.84. The Kier molecular flexibility index (Phi) is 6.98. The van der Waals surface area contributed by atoms with E-state index in [4.69, 9.17) is 4.42 Å². The first-order valence-electron chi connectivity index (χ1n) is 6.46. The largest absolute Gasteiger partial charge is 0.459 e. The number of hydrogen-bond donors (Lipinski definition) is 2. The Bertz CT molecular complexity index is 592. The first kappa shape index (κ1) is 18.6. The van der Waals surface area contributed by atoms with Crippen LogP contribution in [0.15, 0.2) is 39.7 Å². The Morgan fingerprint density at radius 2 is 1.95 bits per heavy atom. The molecule has 0 bridgehead atoms. The molecular weight excluding hydrogens is 410 g/mol. The quantitative estimate of drug-likeness (QED) is 0.445. The molecule has 0 amide bonds. The van der Waals surface area contributed by atoms with Crippen molar-refractivity contribution in [3.8, 4) is 0 Å². The van der Waals surface area contributed by atoms with Crippen LogP contribution in [0.3, 0.4) is 0 Å². The number of rotatable bonds is 4. The number of para-hydroxylation sites is 1. The van der Waals surface area contributed by atoms with Crippen LogP contribution in [0.25, 0.3) is 11.0 Å². The molecule has 0 saturated heterocycles. The van der Waals surface area contributed by atoms with Gasteiger partial charge in [-0.2, -0.15) is 13.2 Å². The van der Waals surface area contributed by atoms with Crippen molar-refractivity contribution >= 4 is 40.9 Å². The highest BCUT2D eigenvalue weighted by atomic mass is 127. The summed E-state index contributed by atoms with van der Waals surface area (Å²) in [5.74, 6) is 0.995. The van der Waals surface area contributed by atoms with Crippen LogP contribution in [0, 0.1) is 0 Å². The number of benzene rings is 1. The molecule has 4 nitrogen and oxygen atoms in total. The zero-order valence-corrected chi connectivity index (χ0v) is 14.2. The van der Waals surface area contributed by atoms with Crippen LogP contribution in [0.4, 0.5) is 13.2 Å². The second-order valence-corrected chi connectivity index (χ2v) is 4.47. The monoisotopic (exact) mass is 427 g/mol. The van der Waals surface area contributed by atoms with Crippen LogP contribution in [0.2, 0.25) is 0 Å². The molecular formula is C14H17F3IN3O. The Hall–Kier alpha value is -1.45. The van der Waals surface area contributed by atoms with Crippen molar-refractivity contribution in [3.63, 3.8) is 0 Å². The summed E-state index contributed by atoms with van der Waals surface area (Å²) in [5, 5.41) is 6.50. The number of aliphatic imine (C=N–C) groups is 1. The van der Waals surface area contributed by atoms with Crippen molar-refractivity contribution in [2.24, 2.45) is 4.99 Å². The summed E-state index contributed by atoms with van der Waals surface area (Å²) in [7, 11) is 1.50. The first-order valence-corrected chi connectivity index (χ1v) is 6.46. The Balaban J connectivity index is 0.00000242. The number of alkyl halides is 3. The summed E-state index contributed by atoms with van der Waals surface area (Å²) in [4.78, 5) is 3.86. The molecule has 1 aromatic heterocycles. The fourth-order valence-corrected chi connectivity index (χ4v) is 1.84. The van der Waals surface area contributed by atoms with Gasteiger partial charge in [-0.15, -0.1) is 24.0 Å². The van der Waals surface area contributed by atoms with Crippen LogP contribution in [0.1, 0.15) is 12.2 Å². The number of hydrogen-bond acceptors (Lipinski definition) is 2. The van der Waals surface area contributed by atoms with Crippen molar-refractivity contribution in [3.05, 3.63) is 36.1 Å². The molecule has 0 unspecified atom stereocenters. The fourth-order valence-electron chi connectivity index (χ4n) is 1.84. The molecule has 0 aliphatic carbocycles. The van der Waals surface area contributed by atoms with Gasteiger partial charge in [0.25, 0.3) is 0 Å². The van der Waals surface area contributed by atoms with Gasteiger partial charge < -0.3 is 15.1 Å². The predicted molar refractivity (Wildman–Crippen MR) is 90.5 cm³/mol. The minimum absolute atomic E-state index is 0. The maximum absolute atomic E-state index is 12.1. The van der Waals surface area contributed by atoms with Gasteiger partial charge in [-0.05, 0) is 12.1 Å². The van der Waals surface area contributed by atoms with Gasteiger partial charge in [0.15, 0.2) is 5.96 Å². The smallest absolute Gasteiger partial charge is 0.390 e. The summed E-state index contributed by atoms with van der Waals surface area (Å²) in [6, 6.07) is 9.45. The van der Waals surface area contributed by atoms with Crippen LogP contribution < -0.4 is 10.6 Å². The van der Waals surface area contributed by atoms with Gasteiger partial charge >= 0.3 is 6.18 Å². The lowest BCUT2D eigenvalue weighted by Gasteiger charge is -2.11. The maximum atomic E-state index is 12.1. The second-order valence-electron chi connectivity index (χ2n) is 4.47. The molecule has 122 valence electrons. The van der Waals surface area contributed by atoms with E-state index in [2.05, 4.69) is 15.6 Å². The highest BCUT2D eigenvalue weighted by Gasteiger charge is 2.26. The van der Waals surface area contributed by atoms with E-state index in [1.165, 1.54) is 7.05 Å². The first-order chi connectivity index (χ1) is 9.98. The summed E-state index contributed by atoms with van der Waals surface area (Å²) in [6.07, 6.45) is -5.08. The van der Waals surface area contributed by atoms with Gasteiger partial charge in [-0.1, -0.05) is 18.2 Å². The number of nitrogens with one attached hydrogen (secondary N) is 2. The summed E-state index contributed by atoms with van der Waals surface area (Å²) in [5.41, 5.74) is 0.773. The van der Waals surface area contributed by atoms with Crippen molar-refractivity contribution in [2.45, 2.75) is 19.1 Å². The molecule has 0 spiro atoms. The van der Waals surface area contributed by atoms with E-state index < -0.39 is 12.6 Å². The highest BCUT2D eigenvalue weighted by Crippen LogP contribution is 2.19. The lowest BCUT2D eigenvalue weighted by molar-refractivity contribution is -0.132. The van der Waals surface area contributed by atoms with E-state index in [0.29, 0.717) is 18.3 Å². The normalized spacial score (nSPS) is 12.1. The number of fused-ring (bicyclic) bond motifs is 1. The van der Waals surface area contributed by atoms with E-state index in [1.807, 2.05) is 30.3 Å². The Morgan fingerprint density at radius 3 is 2.59 bits per heavy atom. The molecule has 0 radical (unpaired) electrons. The molecule has 1 aromatic carbocycles. The molecule has 2 aromatic rings. The van der Waals surface area contributed by atoms with E-state index in [1.54, 1.807) is 0 Å². The minimum Gasteiger partial charge on any atom is -0.459 e. The standard InChI is InChI=1S/C14H16F3N3O.HI/c1-18-13(19-7-6-14(15,16)17)20-9-11-8-10-4-2-3-5-12(10)21-11;/h2-5,8H,6-7,9H2,1H3,(H2,18,19,20);1H. The number of halogens is 4. The molecule has 0 atom stereocenters. The SMILES string of the molecule is CN=C(NCCC(F)(F)F)NCc1cc2ccccc2o1.I. The molecule has 1 heterocycles. The number of furan rings is 1. The van der Waals surface area contributed by atoms with E-state index in [0.717, 1.165) is 11.0 Å². The van der Waals surface area contributed by atoms with Crippen molar-refractivity contribution in [1.29, 1.82) is 0 Å². The van der Waals surface area contributed by atoms with Gasteiger partial charge in [0.1, 0.15) is 11.3 Å². The number of guanidine groups is 1. The zero-order valence-electron chi connectivity index (χ0n) is 11.9. The third-order valence-corrected chi connectivity index (χ3v) is 2.83. The molecule has 0 aliphatic heterocycles. The fraction of sp³-hybridized carbons (Fsp3) is 0.357. The third kappa shape index (κ3) is 5.74.